The Morgan fingerprint density at radius 3 is 2.75 bits per heavy atom. The molecule has 16 heavy (non-hydrogen) atoms. The molecule has 2 rings (SSSR count). The number of nitrogens with zero attached hydrogens (tertiary/aromatic N) is 2. The summed E-state index contributed by atoms with van der Waals surface area (Å²) >= 11 is 0. The van der Waals surface area contributed by atoms with Crippen LogP contribution in [-0.4, -0.2) is 40.2 Å². The molecule has 0 saturated carbocycles. The molecule has 2 aliphatic heterocycles. The zero-order valence-electron chi connectivity index (χ0n) is 8.12. The van der Waals surface area contributed by atoms with Crippen molar-refractivity contribution in [2.24, 2.45) is 9.98 Å². The smallest absolute Gasteiger partial charge is 0.354 e. The normalized spacial score (nSPS) is 22.0. The van der Waals surface area contributed by atoms with Gasteiger partial charge in [0.1, 0.15) is 5.71 Å². The van der Waals surface area contributed by atoms with Gasteiger partial charge in [0.2, 0.25) is 0 Å². The van der Waals surface area contributed by atoms with Crippen molar-refractivity contribution in [3.05, 3.63) is 23.3 Å². The molecule has 2 N–H and O–H groups in total. The number of hydrogen-bond donors (Lipinski definition) is 2. The zero-order valence-corrected chi connectivity index (χ0v) is 8.12. The van der Waals surface area contributed by atoms with Crippen molar-refractivity contribution in [2.45, 2.75) is 12.6 Å². The van der Waals surface area contributed by atoms with Gasteiger partial charge in [-0.25, -0.2) is 9.79 Å². The molecule has 1 atom stereocenters. The molecular formula is C10H8N2O4. The number of rotatable bonds is 3. The molecule has 0 aromatic rings. The maximum Gasteiger partial charge on any atom is 0.354 e. The molecule has 2 aliphatic rings. The Hall–Kier alpha value is -2.24. The van der Waals surface area contributed by atoms with Crippen molar-refractivity contribution in [2.75, 3.05) is 0 Å². The van der Waals surface area contributed by atoms with Crippen molar-refractivity contribution in [3.63, 3.8) is 0 Å². The van der Waals surface area contributed by atoms with E-state index in [1.165, 1.54) is 6.21 Å². The molecule has 0 amide bonds. The van der Waals surface area contributed by atoms with Gasteiger partial charge in [-0.2, -0.15) is 0 Å². The molecule has 2 heterocycles. The highest BCUT2D eigenvalue weighted by atomic mass is 16.4. The fourth-order valence-corrected chi connectivity index (χ4v) is 1.66. The average molecular weight is 220 g/mol. The van der Waals surface area contributed by atoms with Crippen molar-refractivity contribution in [3.8, 4) is 0 Å². The van der Waals surface area contributed by atoms with Crippen LogP contribution >= 0.6 is 0 Å². The molecule has 0 fully saturated rings. The van der Waals surface area contributed by atoms with E-state index in [0.29, 0.717) is 5.57 Å². The number of carbonyl (C=O) groups is 2. The van der Waals surface area contributed by atoms with E-state index in [2.05, 4.69) is 9.98 Å². The molecule has 1 unspecified atom stereocenters. The summed E-state index contributed by atoms with van der Waals surface area (Å²) in [4.78, 5) is 29.4. The van der Waals surface area contributed by atoms with Gasteiger partial charge in [-0.05, 0) is 6.08 Å². The van der Waals surface area contributed by atoms with Gasteiger partial charge in [0, 0.05) is 17.4 Å². The molecule has 0 saturated heterocycles. The topological polar surface area (TPSA) is 99.3 Å². The highest BCUT2D eigenvalue weighted by Gasteiger charge is 2.31. The van der Waals surface area contributed by atoms with Crippen LogP contribution in [0, 0.1) is 0 Å². The van der Waals surface area contributed by atoms with Crippen molar-refractivity contribution in [1.82, 2.24) is 0 Å². The average Bonchev–Trinajstić information content (AvgIpc) is 2.57. The molecule has 6 heteroatoms. The van der Waals surface area contributed by atoms with E-state index in [9.17, 15) is 9.59 Å². The summed E-state index contributed by atoms with van der Waals surface area (Å²) in [5, 5.41) is 17.6. The Kier molecular flexibility index (Phi) is 2.40. The maximum absolute atomic E-state index is 10.9. The third kappa shape index (κ3) is 1.65. The Bertz CT molecular complexity index is 485. The van der Waals surface area contributed by atoms with E-state index < -0.39 is 18.1 Å². The van der Waals surface area contributed by atoms with Crippen LogP contribution in [0.2, 0.25) is 0 Å². The minimum Gasteiger partial charge on any atom is -0.481 e. The monoisotopic (exact) mass is 220 g/mol. The third-order valence-electron chi connectivity index (χ3n) is 2.28. The van der Waals surface area contributed by atoms with E-state index in [1.54, 1.807) is 12.2 Å². The predicted molar refractivity (Wildman–Crippen MR) is 55.8 cm³/mol. The molecule has 0 bridgehead atoms. The lowest BCUT2D eigenvalue weighted by atomic mass is 10.0. The van der Waals surface area contributed by atoms with Gasteiger partial charge in [-0.1, -0.05) is 6.08 Å². The number of carboxylic acid groups (broad SMARTS) is 2. The third-order valence-corrected chi connectivity index (χ3v) is 2.28. The van der Waals surface area contributed by atoms with Crippen molar-refractivity contribution >= 4 is 23.9 Å². The highest BCUT2D eigenvalue weighted by molar-refractivity contribution is 6.44. The van der Waals surface area contributed by atoms with Gasteiger partial charge < -0.3 is 10.2 Å². The van der Waals surface area contributed by atoms with Crippen LogP contribution in [0.25, 0.3) is 0 Å². The van der Waals surface area contributed by atoms with Crippen LogP contribution in [0.1, 0.15) is 6.42 Å². The Labute approximate surface area is 90.3 Å². The van der Waals surface area contributed by atoms with E-state index in [4.69, 9.17) is 10.2 Å². The lowest BCUT2D eigenvalue weighted by Gasteiger charge is -2.07. The van der Waals surface area contributed by atoms with Crippen LogP contribution in [0.15, 0.2) is 33.3 Å². The predicted octanol–water partition coefficient (Wildman–Crippen LogP) is 0.264. The molecular weight excluding hydrogens is 212 g/mol. The molecule has 0 aromatic heterocycles. The summed E-state index contributed by atoms with van der Waals surface area (Å²) in [7, 11) is 0. The fraction of sp³-hybridized carbons (Fsp3) is 0.200. The lowest BCUT2D eigenvalue weighted by molar-refractivity contribution is -0.136. The van der Waals surface area contributed by atoms with Crippen LogP contribution < -0.4 is 0 Å². The molecule has 0 aromatic carbocycles. The zero-order chi connectivity index (χ0) is 11.7. The fourth-order valence-electron chi connectivity index (χ4n) is 1.66. The summed E-state index contributed by atoms with van der Waals surface area (Å²) in [6.45, 7) is 0. The molecule has 0 radical (unpaired) electrons. The maximum atomic E-state index is 10.9. The van der Waals surface area contributed by atoms with E-state index in [-0.39, 0.29) is 17.7 Å². The van der Waals surface area contributed by atoms with E-state index in [1.807, 2.05) is 0 Å². The van der Waals surface area contributed by atoms with Gasteiger partial charge in [-0.3, -0.25) is 9.79 Å². The largest absolute Gasteiger partial charge is 0.481 e. The molecule has 0 aliphatic carbocycles. The van der Waals surface area contributed by atoms with Crippen LogP contribution in [0.3, 0.4) is 0 Å². The van der Waals surface area contributed by atoms with Gasteiger partial charge in [0.05, 0.1) is 6.42 Å². The lowest BCUT2D eigenvalue weighted by Crippen LogP contribution is -2.16. The Balaban J connectivity index is 2.45. The molecule has 82 valence electrons. The number of aliphatic carboxylic acids is 2. The van der Waals surface area contributed by atoms with E-state index >= 15 is 0 Å². The number of allylic oxidation sites excluding steroid dienone is 1. The summed E-state index contributed by atoms with van der Waals surface area (Å²) < 4.78 is 0. The first-order valence-electron chi connectivity index (χ1n) is 4.55. The second kappa shape index (κ2) is 3.73. The number of carboxylic acids is 2. The summed E-state index contributed by atoms with van der Waals surface area (Å²) in [6, 6.07) is 0. The SMILES string of the molecule is O=C(O)CC1=C2C=CC=NC2N=C1C(=O)O. The van der Waals surface area contributed by atoms with Gasteiger partial charge in [-0.15, -0.1) is 0 Å². The summed E-state index contributed by atoms with van der Waals surface area (Å²) in [5.41, 5.74) is 0.589. The molecule has 6 nitrogen and oxygen atoms in total. The standard InChI is InChI=1S/C10H8N2O4/c13-7(14)4-6-5-2-1-3-11-9(5)12-8(6)10(15)16/h1-3,9H,4H2,(H,13,14)(H,15,16). The van der Waals surface area contributed by atoms with Gasteiger partial charge >= 0.3 is 11.9 Å². The number of aliphatic imine (C=N–C) groups is 2. The quantitative estimate of drug-likeness (QED) is 0.712. The molecule has 0 spiro atoms. The van der Waals surface area contributed by atoms with E-state index in [0.717, 1.165) is 0 Å². The second-order valence-corrected chi connectivity index (χ2v) is 3.32. The van der Waals surface area contributed by atoms with Gasteiger partial charge in [0.25, 0.3) is 0 Å². The first kappa shape index (κ1) is 10.3. The van der Waals surface area contributed by atoms with Crippen molar-refractivity contribution in [1.29, 1.82) is 0 Å². The highest BCUT2D eigenvalue weighted by Crippen LogP contribution is 2.28. The minimum atomic E-state index is -1.22. The Morgan fingerprint density at radius 2 is 2.12 bits per heavy atom. The Morgan fingerprint density at radius 1 is 1.38 bits per heavy atom. The van der Waals surface area contributed by atoms with Crippen LogP contribution in [-0.2, 0) is 9.59 Å². The summed E-state index contributed by atoms with van der Waals surface area (Å²) in [5.74, 6) is -2.30. The first-order chi connectivity index (χ1) is 7.59. The minimum absolute atomic E-state index is 0.203. The van der Waals surface area contributed by atoms with Gasteiger partial charge in [0.15, 0.2) is 6.17 Å². The van der Waals surface area contributed by atoms with Crippen LogP contribution in [0.5, 0.6) is 0 Å². The summed E-state index contributed by atoms with van der Waals surface area (Å²) in [6.07, 6.45) is 3.85. The number of hydrogen-bond acceptors (Lipinski definition) is 4. The van der Waals surface area contributed by atoms with Crippen LogP contribution in [0.4, 0.5) is 0 Å². The van der Waals surface area contributed by atoms with Crippen molar-refractivity contribution < 1.29 is 19.8 Å². The first-order valence-corrected chi connectivity index (χ1v) is 4.55. The number of fused-ring (bicyclic) bond motifs is 1. The number of dihydropyridines is 1. The second-order valence-electron chi connectivity index (χ2n) is 3.32.